The van der Waals surface area contributed by atoms with E-state index in [-0.39, 0.29) is 11.9 Å². The van der Waals surface area contributed by atoms with Crippen molar-refractivity contribution in [3.63, 3.8) is 0 Å². The number of carbonyl (C=O) groups is 1. The molecule has 0 unspecified atom stereocenters. The van der Waals surface area contributed by atoms with Crippen molar-refractivity contribution in [3.8, 4) is 0 Å². The minimum atomic E-state index is -0.00600. The zero-order chi connectivity index (χ0) is 10.8. The number of nitrogens with zero attached hydrogens (tertiary/aromatic N) is 3. The summed E-state index contributed by atoms with van der Waals surface area (Å²) >= 11 is 0. The molecule has 0 radical (unpaired) electrons. The highest BCUT2D eigenvalue weighted by Crippen LogP contribution is 2.13. The van der Waals surface area contributed by atoms with Gasteiger partial charge in [-0.05, 0) is 6.92 Å². The van der Waals surface area contributed by atoms with Crippen molar-refractivity contribution < 1.29 is 4.79 Å². The van der Waals surface area contributed by atoms with Crippen LogP contribution in [0, 0.1) is 0 Å². The van der Waals surface area contributed by atoms with Crippen molar-refractivity contribution >= 4 is 17.5 Å². The maximum absolute atomic E-state index is 11.2. The summed E-state index contributed by atoms with van der Waals surface area (Å²) < 4.78 is 0. The van der Waals surface area contributed by atoms with E-state index in [1.165, 1.54) is 0 Å². The zero-order valence-corrected chi connectivity index (χ0v) is 8.47. The van der Waals surface area contributed by atoms with Crippen molar-refractivity contribution in [2.45, 2.75) is 13.0 Å². The highest BCUT2D eigenvalue weighted by atomic mass is 16.2. The number of piperazine rings is 1. The second-order valence-electron chi connectivity index (χ2n) is 3.60. The van der Waals surface area contributed by atoms with Gasteiger partial charge in [-0.15, -0.1) is 0 Å². The molecule has 0 bridgehead atoms. The van der Waals surface area contributed by atoms with Gasteiger partial charge in [-0.3, -0.25) is 4.79 Å². The van der Waals surface area contributed by atoms with Gasteiger partial charge in [-0.1, -0.05) is 0 Å². The molecule has 1 atom stereocenters. The second kappa shape index (κ2) is 3.72. The first kappa shape index (κ1) is 9.70. The Hall–Kier alpha value is -1.85. The molecule has 1 aliphatic rings. The first-order valence-electron chi connectivity index (χ1n) is 4.77. The van der Waals surface area contributed by atoms with E-state index in [4.69, 9.17) is 5.73 Å². The molecule has 6 nitrogen and oxygen atoms in total. The lowest BCUT2D eigenvalue weighted by molar-refractivity contribution is -0.120. The smallest absolute Gasteiger partial charge is 0.239 e. The molecule has 1 saturated heterocycles. The van der Waals surface area contributed by atoms with Gasteiger partial charge in [0.05, 0.1) is 18.1 Å². The van der Waals surface area contributed by atoms with E-state index in [9.17, 15) is 4.79 Å². The predicted molar refractivity (Wildman–Crippen MR) is 56.3 cm³/mol. The van der Waals surface area contributed by atoms with E-state index >= 15 is 0 Å². The van der Waals surface area contributed by atoms with Crippen LogP contribution >= 0.6 is 0 Å². The van der Waals surface area contributed by atoms with Crippen LogP contribution in [0.2, 0.25) is 0 Å². The number of amides is 1. The highest BCUT2D eigenvalue weighted by Gasteiger charge is 2.24. The molecule has 0 aliphatic carbocycles. The molecular formula is C9H13N5O. The van der Waals surface area contributed by atoms with Crippen molar-refractivity contribution in [2.75, 3.05) is 23.7 Å². The molecule has 2 heterocycles. The molecule has 2 rings (SSSR count). The molecule has 15 heavy (non-hydrogen) atoms. The minimum absolute atomic E-state index is 0.00600. The average Bonchev–Trinajstić information content (AvgIpc) is 2.23. The molecule has 0 saturated carbocycles. The number of rotatable bonds is 1. The van der Waals surface area contributed by atoms with E-state index in [2.05, 4.69) is 15.3 Å². The Morgan fingerprint density at radius 3 is 2.87 bits per heavy atom. The highest BCUT2D eigenvalue weighted by molar-refractivity contribution is 5.82. The van der Waals surface area contributed by atoms with Gasteiger partial charge in [0, 0.05) is 12.6 Å². The Bertz CT molecular complexity index is 363. The number of hydrogen-bond donors (Lipinski definition) is 2. The molecule has 0 aromatic carbocycles. The second-order valence-corrected chi connectivity index (χ2v) is 3.60. The summed E-state index contributed by atoms with van der Waals surface area (Å²) in [6.45, 7) is 2.93. The summed E-state index contributed by atoms with van der Waals surface area (Å²) in [5, 5.41) is 2.78. The number of anilines is 2. The van der Waals surface area contributed by atoms with Gasteiger partial charge in [0.1, 0.15) is 6.54 Å². The maximum Gasteiger partial charge on any atom is 0.239 e. The summed E-state index contributed by atoms with van der Waals surface area (Å²) in [6, 6.07) is 0.200. The fourth-order valence-corrected chi connectivity index (χ4v) is 1.49. The van der Waals surface area contributed by atoms with Crippen LogP contribution in [0.5, 0.6) is 0 Å². The molecule has 6 heteroatoms. The molecule has 0 spiro atoms. The number of aromatic nitrogens is 2. The fraction of sp³-hybridized carbons (Fsp3) is 0.444. The summed E-state index contributed by atoms with van der Waals surface area (Å²) in [5.41, 5.74) is 6.02. The molecule has 1 aliphatic heterocycles. The predicted octanol–water partition coefficient (Wildman–Crippen LogP) is -0.617. The Morgan fingerprint density at radius 1 is 1.53 bits per heavy atom. The van der Waals surface area contributed by atoms with Gasteiger partial charge in [0.15, 0.2) is 0 Å². The molecule has 1 amide bonds. The van der Waals surface area contributed by atoms with Crippen molar-refractivity contribution in [3.05, 3.63) is 12.4 Å². The molecular weight excluding hydrogens is 194 g/mol. The summed E-state index contributed by atoms with van der Waals surface area (Å²) in [7, 11) is 0. The van der Waals surface area contributed by atoms with Crippen LogP contribution in [0.4, 0.5) is 11.6 Å². The van der Waals surface area contributed by atoms with Gasteiger partial charge in [0.25, 0.3) is 0 Å². The summed E-state index contributed by atoms with van der Waals surface area (Å²) in [5.74, 6) is 0.542. The van der Waals surface area contributed by atoms with E-state index in [1.807, 2.05) is 11.8 Å². The minimum Gasteiger partial charge on any atom is -0.396 e. The standard InChI is InChI=1S/C9H13N5O/c1-6-2-11-8(15)5-14(6)9-12-3-7(10)4-13-9/h3-4,6H,2,5,10H2,1H3,(H,11,15)/t6-/m0/s1. The molecule has 1 fully saturated rings. The SMILES string of the molecule is C[C@H]1CNC(=O)CN1c1ncc(N)cn1. The third-order valence-electron chi connectivity index (χ3n) is 2.36. The van der Waals surface area contributed by atoms with Gasteiger partial charge >= 0.3 is 0 Å². The van der Waals surface area contributed by atoms with Crippen LogP contribution in [-0.2, 0) is 4.79 Å². The van der Waals surface area contributed by atoms with Crippen LogP contribution in [0.1, 0.15) is 6.92 Å². The van der Waals surface area contributed by atoms with Gasteiger partial charge in [0.2, 0.25) is 11.9 Å². The van der Waals surface area contributed by atoms with E-state index in [0.717, 1.165) is 0 Å². The third-order valence-corrected chi connectivity index (χ3v) is 2.36. The first-order valence-corrected chi connectivity index (χ1v) is 4.77. The quantitative estimate of drug-likeness (QED) is 0.641. The van der Waals surface area contributed by atoms with Crippen LogP contribution in [0.25, 0.3) is 0 Å². The number of nitrogens with two attached hydrogens (primary N) is 1. The van der Waals surface area contributed by atoms with Crippen molar-refractivity contribution in [1.82, 2.24) is 15.3 Å². The Labute approximate surface area is 87.5 Å². The number of nitrogens with one attached hydrogen (secondary N) is 1. The molecule has 1 aromatic rings. The van der Waals surface area contributed by atoms with Crippen LogP contribution in [0.15, 0.2) is 12.4 Å². The number of carbonyl (C=O) groups excluding carboxylic acids is 1. The van der Waals surface area contributed by atoms with E-state index < -0.39 is 0 Å². The van der Waals surface area contributed by atoms with Gasteiger partial charge in [-0.2, -0.15) is 0 Å². The normalized spacial score (nSPS) is 21.3. The number of hydrogen-bond acceptors (Lipinski definition) is 5. The zero-order valence-electron chi connectivity index (χ0n) is 8.47. The molecule has 1 aromatic heterocycles. The molecule has 3 N–H and O–H groups in total. The Morgan fingerprint density at radius 2 is 2.20 bits per heavy atom. The maximum atomic E-state index is 11.2. The van der Waals surface area contributed by atoms with Crippen LogP contribution in [0.3, 0.4) is 0 Å². The van der Waals surface area contributed by atoms with Crippen LogP contribution < -0.4 is 16.0 Å². The Balaban J connectivity index is 2.21. The third kappa shape index (κ3) is 1.98. The average molecular weight is 207 g/mol. The lowest BCUT2D eigenvalue weighted by atomic mass is 10.2. The van der Waals surface area contributed by atoms with Gasteiger partial charge in [-0.25, -0.2) is 9.97 Å². The Kier molecular flexibility index (Phi) is 2.40. The topological polar surface area (TPSA) is 84.1 Å². The van der Waals surface area contributed by atoms with E-state index in [0.29, 0.717) is 24.7 Å². The van der Waals surface area contributed by atoms with Crippen LogP contribution in [-0.4, -0.2) is 35.0 Å². The lowest BCUT2D eigenvalue weighted by Crippen LogP contribution is -2.53. The lowest BCUT2D eigenvalue weighted by Gasteiger charge is -2.32. The fourth-order valence-electron chi connectivity index (χ4n) is 1.49. The first-order chi connectivity index (χ1) is 7.16. The monoisotopic (exact) mass is 207 g/mol. The summed E-state index contributed by atoms with van der Waals surface area (Å²) in [4.78, 5) is 21.3. The van der Waals surface area contributed by atoms with Gasteiger partial charge < -0.3 is 16.0 Å². The molecule has 80 valence electrons. The van der Waals surface area contributed by atoms with Crippen molar-refractivity contribution in [2.24, 2.45) is 0 Å². The number of nitrogen functional groups attached to an aromatic ring is 1. The summed E-state index contributed by atoms with van der Waals surface area (Å²) in [6.07, 6.45) is 3.09. The van der Waals surface area contributed by atoms with E-state index in [1.54, 1.807) is 12.4 Å². The van der Waals surface area contributed by atoms with Crippen molar-refractivity contribution in [1.29, 1.82) is 0 Å². The largest absolute Gasteiger partial charge is 0.396 e.